The lowest BCUT2D eigenvalue weighted by Gasteiger charge is -2.34. The fourth-order valence-electron chi connectivity index (χ4n) is 2.29. The van der Waals surface area contributed by atoms with Gasteiger partial charge >= 0.3 is 0 Å². The number of carbonyl (C=O) groups excluding carboxylic acids is 1. The fourth-order valence-corrected chi connectivity index (χ4v) is 2.29. The van der Waals surface area contributed by atoms with Gasteiger partial charge in [-0.2, -0.15) is 0 Å². The van der Waals surface area contributed by atoms with Crippen molar-refractivity contribution in [3.8, 4) is 0 Å². The van der Waals surface area contributed by atoms with Gasteiger partial charge in [0.05, 0.1) is 0 Å². The maximum absolute atomic E-state index is 12.0. The average molecular weight is 253 g/mol. The van der Waals surface area contributed by atoms with Crippen LogP contribution in [0.2, 0.25) is 0 Å². The van der Waals surface area contributed by atoms with E-state index >= 15 is 0 Å². The lowest BCUT2D eigenvalue weighted by Crippen LogP contribution is -2.48. The van der Waals surface area contributed by atoms with Crippen molar-refractivity contribution in [3.05, 3.63) is 12.7 Å². The summed E-state index contributed by atoms with van der Waals surface area (Å²) in [4.78, 5) is 16.3. The van der Waals surface area contributed by atoms with E-state index in [9.17, 15) is 4.79 Å². The largest absolute Gasteiger partial charge is 0.340 e. The first kappa shape index (κ1) is 15.2. The van der Waals surface area contributed by atoms with Crippen LogP contribution in [-0.2, 0) is 4.79 Å². The van der Waals surface area contributed by atoms with Crippen molar-refractivity contribution >= 4 is 5.91 Å². The highest BCUT2D eigenvalue weighted by Crippen LogP contribution is 2.08. The van der Waals surface area contributed by atoms with Gasteiger partial charge in [0.2, 0.25) is 5.91 Å². The molecule has 1 fully saturated rings. The zero-order chi connectivity index (χ0) is 13.2. The van der Waals surface area contributed by atoms with Gasteiger partial charge in [0.25, 0.3) is 0 Å². The van der Waals surface area contributed by atoms with Crippen LogP contribution in [-0.4, -0.2) is 55.0 Å². The molecule has 0 aliphatic carbocycles. The second-order valence-corrected chi connectivity index (χ2v) is 4.92. The Morgan fingerprint density at radius 1 is 1.11 bits per heavy atom. The van der Waals surface area contributed by atoms with Crippen molar-refractivity contribution in [2.75, 3.05) is 39.3 Å². The molecule has 0 bridgehead atoms. The molecule has 4 nitrogen and oxygen atoms in total. The van der Waals surface area contributed by atoms with Gasteiger partial charge in [0, 0.05) is 39.1 Å². The minimum absolute atomic E-state index is 0.320. The third kappa shape index (κ3) is 5.65. The van der Waals surface area contributed by atoms with Crippen molar-refractivity contribution in [1.29, 1.82) is 0 Å². The third-order valence-corrected chi connectivity index (χ3v) is 3.46. The van der Waals surface area contributed by atoms with Crippen LogP contribution in [0.25, 0.3) is 0 Å². The molecule has 1 rings (SSSR count). The lowest BCUT2D eigenvalue weighted by atomic mass is 10.1. The van der Waals surface area contributed by atoms with Gasteiger partial charge in [-0.25, -0.2) is 0 Å². The van der Waals surface area contributed by atoms with E-state index in [0.29, 0.717) is 12.3 Å². The van der Waals surface area contributed by atoms with E-state index < -0.39 is 0 Å². The molecule has 0 aromatic heterocycles. The van der Waals surface area contributed by atoms with Crippen molar-refractivity contribution < 1.29 is 4.79 Å². The first-order chi connectivity index (χ1) is 8.77. The van der Waals surface area contributed by atoms with Gasteiger partial charge in [-0.15, -0.1) is 6.58 Å². The summed E-state index contributed by atoms with van der Waals surface area (Å²) in [5.74, 6) is 0.320. The van der Waals surface area contributed by atoms with Crippen LogP contribution in [0.3, 0.4) is 0 Å². The molecule has 4 heteroatoms. The van der Waals surface area contributed by atoms with Gasteiger partial charge in [-0.05, 0) is 19.4 Å². The first-order valence-corrected chi connectivity index (χ1v) is 7.09. The first-order valence-electron chi connectivity index (χ1n) is 7.09. The minimum Gasteiger partial charge on any atom is -0.340 e. The molecular formula is C14H27N3O. The summed E-state index contributed by atoms with van der Waals surface area (Å²) in [6, 6.07) is 0. The van der Waals surface area contributed by atoms with Gasteiger partial charge in [0.15, 0.2) is 0 Å². The van der Waals surface area contributed by atoms with Gasteiger partial charge in [-0.3, -0.25) is 9.69 Å². The van der Waals surface area contributed by atoms with Gasteiger partial charge in [0.1, 0.15) is 0 Å². The Kier molecular flexibility index (Phi) is 7.69. The topological polar surface area (TPSA) is 49.6 Å². The van der Waals surface area contributed by atoms with E-state index in [2.05, 4.69) is 11.5 Å². The molecule has 1 heterocycles. The Balaban J connectivity index is 2.10. The molecule has 1 aliphatic heterocycles. The maximum atomic E-state index is 12.0. The summed E-state index contributed by atoms with van der Waals surface area (Å²) in [5.41, 5.74) is 5.44. The highest BCUT2D eigenvalue weighted by atomic mass is 16.2. The average Bonchev–Trinajstić information content (AvgIpc) is 2.39. The van der Waals surface area contributed by atoms with Crippen molar-refractivity contribution in [1.82, 2.24) is 9.80 Å². The quantitative estimate of drug-likeness (QED) is 0.523. The van der Waals surface area contributed by atoms with Crippen LogP contribution in [0.1, 0.15) is 32.1 Å². The molecule has 18 heavy (non-hydrogen) atoms. The number of hydrogen-bond donors (Lipinski definition) is 1. The Hall–Kier alpha value is -0.870. The molecule has 0 aromatic carbocycles. The van der Waals surface area contributed by atoms with Crippen LogP contribution in [0.5, 0.6) is 0 Å². The van der Waals surface area contributed by atoms with Crippen molar-refractivity contribution in [2.45, 2.75) is 32.1 Å². The number of amides is 1. The van der Waals surface area contributed by atoms with E-state index in [1.165, 1.54) is 0 Å². The zero-order valence-electron chi connectivity index (χ0n) is 11.4. The Morgan fingerprint density at radius 2 is 1.78 bits per heavy atom. The Labute approximate surface area is 111 Å². The summed E-state index contributed by atoms with van der Waals surface area (Å²) in [6.45, 7) is 9.13. The molecule has 104 valence electrons. The molecule has 0 atom stereocenters. The van der Waals surface area contributed by atoms with Crippen LogP contribution >= 0.6 is 0 Å². The summed E-state index contributed by atoms with van der Waals surface area (Å²) in [6.07, 6.45) is 6.98. The number of rotatable bonds is 8. The SMILES string of the molecule is C=CCN1CCN(C(=O)CCCCCCN)CC1. The molecule has 1 aliphatic rings. The zero-order valence-corrected chi connectivity index (χ0v) is 11.4. The summed E-state index contributed by atoms with van der Waals surface area (Å²) in [5, 5.41) is 0. The Morgan fingerprint density at radius 3 is 2.39 bits per heavy atom. The number of unbranched alkanes of at least 4 members (excludes halogenated alkanes) is 3. The Bertz CT molecular complexity index is 247. The van der Waals surface area contributed by atoms with Crippen molar-refractivity contribution in [2.24, 2.45) is 5.73 Å². The second-order valence-electron chi connectivity index (χ2n) is 4.92. The highest BCUT2D eigenvalue weighted by Gasteiger charge is 2.19. The molecule has 0 saturated carbocycles. The third-order valence-electron chi connectivity index (χ3n) is 3.46. The monoisotopic (exact) mass is 253 g/mol. The minimum atomic E-state index is 0.320. The lowest BCUT2D eigenvalue weighted by molar-refractivity contribution is -0.133. The summed E-state index contributed by atoms with van der Waals surface area (Å²) < 4.78 is 0. The smallest absolute Gasteiger partial charge is 0.222 e. The molecular weight excluding hydrogens is 226 g/mol. The number of carbonyl (C=O) groups is 1. The molecule has 0 radical (unpaired) electrons. The number of nitrogens with two attached hydrogens (primary N) is 1. The van der Waals surface area contributed by atoms with Crippen LogP contribution < -0.4 is 5.73 Å². The van der Waals surface area contributed by atoms with E-state index in [1.54, 1.807) is 0 Å². The van der Waals surface area contributed by atoms with Crippen LogP contribution in [0, 0.1) is 0 Å². The standard InChI is InChI=1S/C14H27N3O/c1-2-9-16-10-12-17(13-11-16)14(18)7-5-3-4-6-8-15/h2H,1,3-13,15H2. The molecule has 2 N–H and O–H groups in total. The van der Waals surface area contributed by atoms with E-state index in [4.69, 9.17) is 5.73 Å². The summed E-state index contributed by atoms with van der Waals surface area (Å²) >= 11 is 0. The number of piperazine rings is 1. The highest BCUT2D eigenvalue weighted by molar-refractivity contribution is 5.76. The predicted octanol–water partition coefficient (Wildman–Crippen LogP) is 1.23. The van der Waals surface area contributed by atoms with Gasteiger partial charge in [-0.1, -0.05) is 18.9 Å². The normalized spacial score (nSPS) is 16.8. The van der Waals surface area contributed by atoms with E-state index in [0.717, 1.165) is 65.0 Å². The maximum Gasteiger partial charge on any atom is 0.222 e. The fraction of sp³-hybridized carbons (Fsp3) is 0.786. The predicted molar refractivity (Wildman–Crippen MR) is 75.4 cm³/mol. The van der Waals surface area contributed by atoms with Gasteiger partial charge < -0.3 is 10.6 Å². The molecule has 0 unspecified atom stereocenters. The van der Waals surface area contributed by atoms with E-state index in [1.807, 2.05) is 11.0 Å². The molecule has 0 spiro atoms. The summed E-state index contributed by atoms with van der Waals surface area (Å²) in [7, 11) is 0. The van der Waals surface area contributed by atoms with Crippen molar-refractivity contribution in [3.63, 3.8) is 0 Å². The molecule has 0 aromatic rings. The van der Waals surface area contributed by atoms with E-state index in [-0.39, 0.29) is 0 Å². The number of nitrogens with zero attached hydrogens (tertiary/aromatic N) is 2. The number of hydrogen-bond acceptors (Lipinski definition) is 3. The molecule has 1 amide bonds. The second kappa shape index (κ2) is 9.11. The van der Waals surface area contributed by atoms with Crippen LogP contribution in [0.4, 0.5) is 0 Å². The molecule has 1 saturated heterocycles. The van der Waals surface area contributed by atoms with Crippen LogP contribution in [0.15, 0.2) is 12.7 Å².